The first-order chi connectivity index (χ1) is 9.48. The summed E-state index contributed by atoms with van der Waals surface area (Å²) in [5.41, 5.74) is 0. The van der Waals surface area contributed by atoms with Crippen molar-refractivity contribution in [1.82, 2.24) is 19.2 Å². The van der Waals surface area contributed by atoms with Crippen molar-refractivity contribution in [3.05, 3.63) is 12.0 Å². The van der Waals surface area contributed by atoms with Crippen LogP contribution in [0.1, 0.15) is 19.7 Å². The summed E-state index contributed by atoms with van der Waals surface area (Å²) in [5.74, 6) is 0.667. The Morgan fingerprint density at radius 1 is 1.45 bits per heavy atom. The number of imidazole rings is 1. The molecule has 7 nitrogen and oxygen atoms in total. The maximum Gasteiger partial charge on any atom is 0.260 e. The number of rotatable bonds is 4. The Balaban J connectivity index is 2.08. The molecule has 1 aromatic heterocycles. The van der Waals surface area contributed by atoms with E-state index < -0.39 is 10.0 Å². The minimum Gasteiger partial charge on any atom is -0.332 e. The first kappa shape index (κ1) is 15.0. The highest BCUT2D eigenvalue weighted by atomic mass is 32.2. The number of hydrogen-bond donors (Lipinski definition) is 1. The molecule has 2 rings (SSSR count). The Morgan fingerprint density at radius 2 is 2.10 bits per heavy atom. The summed E-state index contributed by atoms with van der Waals surface area (Å²) in [5, 5.41) is 9.03. The van der Waals surface area contributed by atoms with Crippen molar-refractivity contribution in [2.45, 2.75) is 31.3 Å². The lowest BCUT2D eigenvalue weighted by atomic mass is 10.2. The van der Waals surface area contributed by atoms with E-state index in [1.54, 1.807) is 0 Å². The number of aromatic amines is 1. The summed E-state index contributed by atoms with van der Waals surface area (Å²) in [6.07, 6.45) is 2.04. The van der Waals surface area contributed by atoms with E-state index in [0.717, 1.165) is 0 Å². The van der Waals surface area contributed by atoms with Crippen molar-refractivity contribution in [2.75, 3.05) is 26.2 Å². The molecule has 0 spiro atoms. The van der Waals surface area contributed by atoms with Gasteiger partial charge >= 0.3 is 0 Å². The number of aromatic nitrogens is 2. The molecule has 1 fully saturated rings. The van der Waals surface area contributed by atoms with Gasteiger partial charge in [-0.1, -0.05) is 6.92 Å². The molecule has 20 heavy (non-hydrogen) atoms. The van der Waals surface area contributed by atoms with Gasteiger partial charge in [-0.3, -0.25) is 4.90 Å². The van der Waals surface area contributed by atoms with E-state index in [9.17, 15) is 8.42 Å². The van der Waals surface area contributed by atoms with Crippen LogP contribution in [0.15, 0.2) is 11.2 Å². The van der Waals surface area contributed by atoms with Crippen LogP contribution in [0.2, 0.25) is 0 Å². The quantitative estimate of drug-likeness (QED) is 0.856. The second-order valence-corrected chi connectivity index (χ2v) is 6.70. The van der Waals surface area contributed by atoms with Gasteiger partial charge in [0.2, 0.25) is 0 Å². The van der Waals surface area contributed by atoms with E-state index >= 15 is 0 Å². The first-order valence-electron chi connectivity index (χ1n) is 6.66. The number of aryl methyl sites for hydroxylation is 1. The van der Waals surface area contributed by atoms with E-state index in [4.69, 9.17) is 5.26 Å². The predicted octanol–water partition coefficient (Wildman–Crippen LogP) is 0.190. The number of piperazine rings is 1. The summed E-state index contributed by atoms with van der Waals surface area (Å²) >= 11 is 0. The van der Waals surface area contributed by atoms with Gasteiger partial charge in [0.05, 0.1) is 18.3 Å². The minimum absolute atomic E-state index is 0.149. The summed E-state index contributed by atoms with van der Waals surface area (Å²) in [6.45, 7) is 5.68. The molecule has 2 heterocycles. The van der Waals surface area contributed by atoms with E-state index in [1.165, 1.54) is 10.5 Å². The molecule has 1 aliphatic rings. The standard InChI is InChI=1S/C12H19N5O2S/c1-3-11-14-9-12(15-11)20(18,19)17-6-4-16(5-7-17)10(2)8-13/h9-10H,3-7H2,1-2H3,(H,14,15). The van der Waals surface area contributed by atoms with E-state index in [0.29, 0.717) is 38.4 Å². The van der Waals surface area contributed by atoms with Crippen molar-refractivity contribution in [2.24, 2.45) is 0 Å². The zero-order valence-corrected chi connectivity index (χ0v) is 12.5. The summed E-state index contributed by atoms with van der Waals surface area (Å²) in [4.78, 5) is 8.86. The minimum atomic E-state index is -3.50. The van der Waals surface area contributed by atoms with Gasteiger partial charge in [-0.05, 0) is 6.92 Å². The van der Waals surface area contributed by atoms with Crippen LogP contribution in [0.3, 0.4) is 0 Å². The van der Waals surface area contributed by atoms with Crippen LogP contribution in [0.4, 0.5) is 0 Å². The molecule has 1 N–H and O–H groups in total. The Hall–Kier alpha value is -1.43. The van der Waals surface area contributed by atoms with Crippen molar-refractivity contribution < 1.29 is 8.42 Å². The molecular formula is C12H19N5O2S. The molecule has 1 unspecified atom stereocenters. The van der Waals surface area contributed by atoms with Gasteiger partial charge in [0, 0.05) is 32.6 Å². The lowest BCUT2D eigenvalue weighted by Gasteiger charge is -2.34. The number of nitrogens with one attached hydrogen (secondary N) is 1. The molecule has 1 aliphatic heterocycles. The number of sulfonamides is 1. The average molecular weight is 297 g/mol. The fraction of sp³-hybridized carbons (Fsp3) is 0.667. The molecule has 0 bridgehead atoms. The second kappa shape index (κ2) is 5.91. The van der Waals surface area contributed by atoms with Gasteiger partial charge in [0.15, 0.2) is 5.03 Å². The predicted molar refractivity (Wildman–Crippen MR) is 73.4 cm³/mol. The molecule has 0 amide bonds. The number of H-pyrrole nitrogens is 1. The van der Waals surface area contributed by atoms with Crippen LogP contribution in [-0.2, 0) is 16.4 Å². The lowest BCUT2D eigenvalue weighted by Crippen LogP contribution is -2.51. The van der Waals surface area contributed by atoms with Crippen molar-refractivity contribution in [3.8, 4) is 6.07 Å². The third-order valence-electron chi connectivity index (χ3n) is 3.57. The molecule has 0 aliphatic carbocycles. The summed E-state index contributed by atoms with van der Waals surface area (Å²) < 4.78 is 26.3. The largest absolute Gasteiger partial charge is 0.332 e. The molecule has 1 saturated heterocycles. The Bertz CT molecular complexity index is 596. The monoisotopic (exact) mass is 297 g/mol. The van der Waals surface area contributed by atoms with Crippen LogP contribution < -0.4 is 0 Å². The van der Waals surface area contributed by atoms with E-state index in [-0.39, 0.29) is 11.1 Å². The SMILES string of the molecule is CCc1ncc(S(=O)(=O)N2CCN(C(C)C#N)CC2)[nH]1. The first-order valence-corrected chi connectivity index (χ1v) is 8.10. The Kier molecular flexibility index (Phi) is 4.42. The Labute approximate surface area is 119 Å². The molecule has 0 aromatic carbocycles. The summed E-state index contributed by atoms with van der Waals surface area (Å²) in [7, 11) is -3.50. The van der Waals surface area contributed by atoms with E-state index in [1.807, 2.05) is 18.7 Å². The smallest absolute Gasteiger partial charge is 0.260 e. The van der Waals surface area contributed by atoms with Crippen molar-refractivity contribution in [3.63, 3.8) is 0 Å². The van der Waals surface area contributed by atoms with Gasteiger partial charge < -0.3 is 4.98 Å². The molecule has 0 radical (unpaired) electrons. The fourth-order valence-electron chi connectivity index (χ4n) is 2.21. The molecular weight excluding hydrogens is 278 g/mol. The third-order valence-corrected chi connectivity index (χ3v) is 5.37. The zero-order valence-electron chi connectivity index (χ0n) is 11.7. The van der Waals surface area contributed by atoms with Crippen molar-refractivity contribution >= 4 is 10.0 Å². The maximum atomic E-state index is 12.4. The highest BCUT2D eigenvalue weighted by Gasteiger charge is 2.31. The van der Waals surface area contributed by atoms with Gasteiger partial charge in [-0.25, -0.2) is 13.4 Å². The van der Waals surface area contributed by atoms with Gasteiger partial charge in [0.25, 0.3) is 10.0 Å². The number of nitrogens with zero attached hydrogens (tertiary/aromatic N) is 4. The third kappa shape index (κ3) is 2.85. The highest BCUT2D eigenvalue weighted by molar-refractivity contribution is 7.89. The normalized spacial score (nSPS) is 19.6. The van der Waals surface area contributed by atoms with Crippen molar-refractivity contribution in [1.29, 1.82) is 5.26 Å². The second-order valence-electron chi connectivity index (χ2n) is 4.79. The topological polar surface area (TPSA) is 93.1 Å². The van der Waals surface area contributed by atoms with Gasteiger partial charge in [-0.2, -0.15) is 9.57 Å². The summed E-state index contributed by atoms with van der Waals surface area (Å²) in [6, 6.07) is 1.99. The fourth-order valence-corrected chi connectivity index (χ4v) is 3.56. The van der Waals surface area contributed by atoms with Crippen LogP contribution in [0.25, 0.3) is 0 Å². The molecule has 1 aromatic rings. The molecule has 1 atom stereocenters. The van der Waals surface area contributed by atoms with E-state index in [2.05, 4.69) is 16.0 Å². The lowest BCUT2D eigenvalue weighted by molar-refractivity contribution is 0.169. The van der Waals surface area contributed by atoms with Gasteiger partial charge in [-0.15, -0.1) is 0 Å². The zero-order chi connectivity index (χ0) is 14.8. The number of hydrogen-bond acceptors (Lipinski definition) is 5. The molecule has 0 saturated carbocycles. The molecule has 110 valence electrons. The maximum absolute atomic E-state index is 12.4. The number of nitriles is 1. The average Bonchev–Trinajstić information content (AvgIpc) is 2.96. The highest BCUT2D eigenvalue weighted by Crippen LogP contribution is 2.16. The molecule has 8 heteroatoms. The van der Waals surface area contributed by atoms with Gasteiger partial charge in [0.1, 0.15) is 5.82 Å². The Morgan fingerprint density at radius 3 is 2.60 bits per heavy atom. The van der Waals surface area contributed by atoms with Crippen LogP contribution in [0, 0.1) is 11.3 Å². The van der Waals surface area contributed by atoms with Crippen LogP contribution in [0.5, 0.6) is 0 Å². The van der Waals surface area contributed by atoms with Crippen LogP contribution in [-0.4, -0.2) is 59.8 Å². The van der Waals surface area contributed by atoms with Crippen LogP contribution >= 0.6 is 0 Å².